The molecule has 1 aliphatic rings. The maximum absolute atomic E-state index is 12.4. The summed E-state index contributed by atoms with van der Waals surface area (Å²) in [5.74, 6) is 1.23. The maximum atomic E-state index is 12.4. The third-order valence-electron chi connectivity index (χ3n) is 3.78. The number of methoxy groups -OCH3 is 1. The third-order valence-corrected chi connectivity index (χ3v) is 4.34. The van der Waals surface area contributed by atoms with Gasteiger partial charge in [0.1, 0.15) is 19.8 Å². The molecule has 1 aliphatic heterocycles. The minimum atomic E-state index is -0.552. The summed E-state index contributed by atoms with van der Waals surface area (Å²) in [5.41, 5.74) is 0.936. The Morgan fingerprint density at radius 2 is 1.89 bits per heavy atom. The third kappa shape index (κ3) is 4.34. The molecule has 0 unspecified atom stereocenters. The molecule has 3 rings (SSSR count). The lowest BCUT2D eigenvalue weighted by Gasteiger charge is -2.20. The van der Waals surface area contributed by atoms with Crippen LogP contribution in [0.3, 0.4) is 0 Å². The summed E-state index contributed by atoms with van der Waals surface area (Å²) in [6.07, 6.45) is 0. The predicted molar refractivity (Wildman–Crippen MR) is 101 cm³/mol. The fourth-order valence-corrected chi connectivity index (χ4v) is 3.15. The molecular formula is C19H18Cl2O6. The predicted octanol–water partition coefficient (Wildman–Crippen LogP) is 4.53. The molecule has 27 heavy (non-hydrogen) atoms. The first kappa shape index (κ1) is 19.5. The molecule has 0 radical (unpaired) electrons. The van der Waals surface area contributed by atoms with Gasteiger partial charge >= 0.3 is 5.97 Å². The van der Waals surface area contributed by atoms with Crippen LogP contribution in [0.2, 0.25) is 10.0 Å². The number of rotatable bonds is 6. The Morgan fingerprint density at radius 1 is 1.11 bits per heavy atom. The molecule has 2 aromatic rings. The number of halogens is 2. The van der Waals surface area contributed by atoms with Crippen LogP contribution >= 0.6 is 23.2 Å². The molecule has 0 amide bonds. The number of ether oxygens (including phenoxy) is 5. The van der Waals surface area contributed by atoms with E-state index in [0.717, 1.165) is 0 Å². The Labute approximate surface area is 166 Å². The zero-order valence-corrected chi connectivity index (χ0v) is 16.4. The zero-order chi connectivity index (χ0) is 19.4. The fraction of sp³-hybridized carbons (Fsp3) is 0.316. The molecule has 6 nitrogen and oxygen atoms in total. The number of benzene rings is 2. The van der Waals surface area contributed by atoms with Crippen LogP contribution in [-0.4, -0.2) is 32.9 Å². The van der Waals surface area contributed by atoms with E-state index < -0.39 is 5.97 Å². The van der Waals surface area contributed by atoms with Gasteiger partial charge in [-0.2, -0.15) is 0 Å². The minimum absolute atomic E-state index is 0.0162. The molecular weight excluding hydrogens is 395 g/mol. The second kappa shape index (κ2) is 8.59. The van der Waals surface area contributed by atoms with Crippen molar-refractivity contribution in [3.63, 3.8) is 0 Å². The first-order valence-corrected chi connectivity index (χ1v) is 9.04. The lowest BCUT2D eigenvalue weighted by Crippen LogP contribution is -2.16. The van der Waals surface area contributed by atoms with E-state index in [9.17, 15) is 4.79 Å². The van der Waals surface area contributed by atoms with Crippen molar-refractivity contribution >= 4 is 29.2 Å². The standard InChI is InChI=1S/C19H18Cl2O6/c1-3-24-17-14(21)8-12(9-15(17)23-2)19(22)27-10-11-6-13(20)18-16(7-11)25-4-5-26-18/h6-9H,3-5,10H2,1-2H3. The molecule has 0 atom stereocenters. The van der Waals surface area contributed by atoms with E-state index in [1.54, 1.807) is 12.1 Å². The van der Waals surface area contributed by atoms with Crippen molar-refractivity contribution in [2.75, 3.05) is 26.9 Å². The molecule has 2 aromatic carbocycles. The second-order valence-corrected chi connectivity index (χ2v) is 6.41. The smallest absolute Gasteiger partial charge is 0.338 e. The summed E-state index contributed by atoms with van der Waals surface area (Å²) in [6, 6.07) is 6.41. The van der Waals surface area contributed by atoms with Gasteiger partial charge in [0, 0.05) is 0 Å². The van der Waals surface area contributed by atoms with Crippen LogP contribution in [0.5, 0.6) is 23.0 Å². The van der Waals surface area contributed by atoms with Gasteiger partial charge in [-0.3, -0.25) is 0 Å². The van der Waals surface area contributed by atoms with Gasteiger partial charge in [0.05, 0.1) is 29.3 Å². The van der Waals surface area contributed by atoms with Crippen molar-refractivity contribution in [3.8, 4) is 23.0 Å². The number of fused-ring (bicyclic) bond motifs is 1. The van der Waals surface area contributed by atoms with Gasteiger partial charge in [-0.25, -0.2) is 4.79 Å². The highest BCUT2D eigenvalue weighted by molar-refractivity contribution is 6.33. The van der Waals surface area contributed by atoms with Crippen molar-refractivity contribution in [3.05, 3.63) is 45.4 Å². The number of carbonyl (C=O) groups excluding carboxylic acids is 1. The molecule has 0 saturated carbocycles. The van der Waals surface area contributed by atoms with Crippen molar-refractivity contribution in [2.45, 2.75) is 13.5 Å². The normalized spacial score (nSPS) is 12.4. The van der Waals surface area contributed by atoms with Gasteiger partial charge in [-0.15, -0.1) is 0 Å². The first-order valence-electron chi connectivity index (χ1n) is 8.29. The van der Waals surface area contributed by atoms with E-state index in [2.05, 4.69) is 0 Å². The highest BCUT2D eigenvalue weighted by atomic mass is 35.5. The van der Waals surface area contributed by atoms with Gasteiger partial charge < -0.3 is 23.7 Å². The van der Waals surface area contributed by atoms with E-state index in [1.807, 2.05) is 6.92 Å². The van der Waals surface area contributed by atoms with Gasteiger partial charge in [0.15, 0.2) is 23.0 Å². The SMILES string of the molecule is CCOc1c(Cl)cc(C(=O)OCc2cc(Cl)c3c(c2)OCCO3)cc1OC. The second-order valence-electron chi connectivity index (χ2n) is 5.60. The van der Waals surface area contributed by atoms with Crippen LogP contribution in [0, 0.1) is 0 Å². The molecule has 0 aromatic heterocycles. The molecule has 0 spiro atoms. The Hall–Kier alpha value is -2.31. The van der Waals surface area contributed by atoms with Crippen LogP contribution in [-0.2, 0) is 11.3 Å². The van der Waals surface area contributed by atoms with E-state index >= 15 is 0 Å². The highest BCUT2D eigenvalue weighted by Crippen LogP contribution is 2.39. The van der Waals surface area contributed by atoms with Crippen molar-refractivity contribution in [1.82, 2.24) is 0 Å². The van der Waals surface area contributed by atoms with E-state index in [4.69, 9.17) is 46.9 Å². The van der Waals surface area contributed by atoms with Gasteiger partial charge in [0.2, 0.25) is 0 Å². The van der Waals surface area contributed by atoms with Gasteiger partial charge in [-0.1, -0.05) is 23.2 Å². The van der Waals surface area contributed by atoms with Crippen LogP contribution in [0.25, 0.3) is 0 Å². The number of hydrogen-bond donors (Lipinski definition) is 0. The topological polar surface area (TPSA) is 63.2 Å². The molecule has 0 saturated heterocycles. The van der Waals surface area contributed by atoms with Crippen molar-refractivity contribution in [1.29, 1.82) is 0 Å². The summed E-state index contributed by atoms with van der Waals surface area (Å²) in [4.78, 5) is 12.4. The number of hydrogen-bond acceptors (Lipinski definition) is 6. The Morgan fingerprint density at radius 3 is 2.63 bits per heavy atom. The average molecular weight is 413 g/mol. The van der Waals surface area contributed by atoms with Crippen molar-refractivity contribution < 1.29 is 28.5 Å². The molecule has 0 bridgehead atoms. The summed E-state index contributed by atoms with van der Waals surface area (Å²) >= 11 is 12.4. The van der Waals surface area contributed by atoms with E-state index in [0.29, 0.717) is 53.4 Å². The number of carbonyl (C=O) groups is 1. The summed E-state index contributed by atoms with van der Waals surface area (Å²) < 4.78 is 27.0. The summed E-state index contributed by atoms with van der Waals surface area (Å²) in [7, 11) is 1.47. The van der Waals surface area contributed by atoms with E-state index in [1.165, 1.54) is 19.2 Å². The molecule has 0 N–H and O–H groups in total. The van der Waals surface area contributed by atoms with E-state index in [-0.39, 0.29) is 17.2 Å². The molecule has 144 valence electrons. The highest BCUT2D eigenvalue weighted by Gasteiger charge is 2.19. The minimum Gasteiger partial charge on any atom is -0.493 e. The van der Waals surface area contributed by atoms with Crippen LogP contribution < -0.4 is 18.9 Å². The Balaban J connectivity index is 1.74. The lowest BCUT2D eigenvalue weighted by molar-refractivity contribution is 0.0471. The lowest BCUT2D eigenvalue weighted by atomic mass is 10.2. The van der Waals surface area contributed by atoms with Crippen LogP contribution in [0.1, 0.15) is 22.8 Å². The molecule has 0 aliphatic carbocycles. The molecule has 8 heteroatoms. The number of esters is 1. The maximum Gasteiger partial charge on any atom is 0.338 e. The average Bonchev–Trinajstić information content (AvgIpc) is 2.67. The summed E-state index contributed by atoms with van der Waals surface area (Å²) in [6.45, 7) is 3.15. The largest absolute Gasteiger partial charge is 0.493 e. The Kier molecular flexibility index (Phi) is 6.19. The van der Waals surface area contributed by atoms with Crippen LogP contribution in [0.4, 0.5) is 0 Å². The molecule has 0 fully saturated rings. The zero-order valence-electron chi connectivity index (χ0n) is 14.8. The van der Waals surface area contributed by atoms with Crippen LogP contribution in [0.15, 0.2) is 24.3 Å². The van der Waals surface area contributed by atoms with Gasteiger partial charge in [0.25, 0.3) is 0 Å². The quantitative estimate of drug-likeness (QED) is 0.649. The monoisotopic (exact) mass is 412 g/mol. The summed E-state index contributed by atoms with van der Waals surface area (Å²) in [5, 5.41) is 0.676. The van der Waals surface area contributed by atoms with Crippen molar-refractivity contribution in [2.24, 2.45) is 0 Å². The molecule has 1 heterocycles. The first-order chi connectivity index (χ1) is 13.0. The van der Waals surface area contributed by atoms with Gasteiger partial charge in [-0.05, 0) is 36.8 Å². The fourth-order valence-electron chi connectivity index (χ4n) is 2.60. The Bertz CT molecular complexity index is 853.